The molecule has 2 N–H and O–H groups in total. The summed E-state index contributed by atoms with van der Waals surface area (Å²) < 4.78 is 14.1. The molecule has 0 aliphatic carbocycles. The number of unbranched alkanes of at least 4 members (excludes halogenated alkanes) is 1. The lowest BCUT2D eigenvalue weighted by Crippen LogP contribution is -2.25. The molecular weight excluding hydrogens is 336 g/mol. The Balaban J connectivity index is 2.16. The molecule has 1 rings (SSSR count). The summed E-state index contributed by atoms with van der Waals surface area (Å²) in [5.41, 5.74) is 1.11. The maximum Gasteiger partial charge on any atom is 0.220 e. The van der Waals surface area contributed by atoms with Crippen LogP contribution in [0.4, 0.5) is 0 Å². The van der Waals surface area contributed by atoms with Crippen molar-refractivity contribution in [1.29, 1.82) is 0 Å². The molecule has 1 aromatic carbocycles. The molecule has 5 nitrogen and oxygen atoms in total. The molecule has 1 aromatic rings. The molecule has 142 valence electrons. The van der Waals surface area contributed by atoms with Crippen LogP contribution < -0.4 is 19.5 Å². The zero-order chi connectivity index (χ0) is 18.7. The number of benzene rings is 1. The molecule has 1 amide bonds. The lowest BCUT2D eigenvalue weighted by Gasteiger charge is -2.17. The van der Waals surface area contributed by atoms with Crippen LogP contribution in [-0.2, 0) is 11.2 Å². The monoisotopic (exact) mass is 368 g/mol. The van der Waals surface area contributed by atoms with Crippen molar-refractivity contribution in [3.8, 4) is 11.5 Å². The Morgan fingerprint density at radius 3 is 2.44 bits per heavy atom. The lowest BCUT2D eigenvalue weighted by atomic mass is 10.1. The highest BCUT2D eigenvalue weighted by Gasteiger charge is 2.09. The Labute approximate surface area is 156 Å². The average Bonchev–Trinajstić information content (AvgIpc) is 2.56. The molecule has 0 unspecified atom stereocenters. The molecule has 0 heterocycles. The first-order valence-electron chi connectivity index (χ1n) is 8.74. The second-order valence-corrected chi connectivity index (χ2v) is 8.57. The predicted octanol–water partition coefficient (Wildman–Crippen LogP) is 3.57. The van der Waals surface area contributed by atoms with Gasteiger partial charge in [-0.25, -0.2) is 0 Å². The third kappa shape index (κ3) is 9.60. The smallest absolute Gasteiger partial charge is 0.220 e. The molecule has 0 saturated heterocycles. The summed E-state index contributed by atoms with van der Waals surface area (Å²) in [7, 11) is 3.24. The summed E-state index contributed by atoms with van der Waals surface area (Å²) in [6.07, 6.45) is 3.26. The van der Waals surface area contributed by atoms with E-state index >= 15 is 0 Å². The SMILES string of the molecule is COc1ccc(CCNC(=O)CCCCNSC(C)(C)C)cc1OC. The number of amides is 1. The predicted molar refractivity (Wildman–Crippen MR) is 105 cm³/mol. The minimum Gasteiger partial charge on any atom is -0.493 e. The van der Waals surface area contributed by atoms with E-state index in [1.807, 2.05) is 18.2 Å². The topological polar surface area (TPSA) is 59.6 Å². The van der Waals surface area contributed by atoms with Crippen LogP contribution in [0.3, 0.4) is 0 Å². The summed E-state index contributed by atoms with van der Waals surface area (Å²) in [6.45, 7) is 8.09. The van der Waals surface area contributed by atoms with Gasteiger partial charge in [0.25, 0.3) is 0 Å². The molecule has 0 bridgehead atoms. The first-order valence-corrected chi connectivity index (χ1v) is 9.56. The van der Waals surface area contributed by atoms with Gasteiger partial charge in [0.05, 0.1) is 14.2 Å². The van der Waals surface area contributed by atoms with E-state index in [1.165, 1.54) is 0 Å². The molecule has 0 aliphatic heterocycles. The van der Waals surface area contributed by atoms with Crippen LogP contribution in [0.5, 0.6) is 11.5 Å². The number of hydrogen-bond donors (Lipinski definition) is 2. The standard InChI is InChI=1S/C19H32N2O3S/c1-19(2,3)25-21-12-7-6-8-18(22)20-13-11-15-9-10-16(23-4)17(14-15)24-5/h9-10,14,21H,6-8,11-13H2,1-5H3,(H,20,22). The van der Waals surface area contributed by atoms with Crippen LogP contribution in [0.2, 0.25) is 0 Å². The van der Waals surface area contributed by atoms with Gasteiger partial charge in [-0.05, 0) is 57.7 Å². The van der Waals surface area contributed by atoms with Gasteiger partial charge in [-0.1, -0.05) is 18.0 Å². The minimum absolute atomic E-state index is 0.115. The number of nitrogens with one attached hydrogen (secondary N) is 2. The van der Waals surface area contributed by atoms with Crippen molar-refractivity contribution in [1.82, 2.24) is 10.0 Å². The maximum atomic E-state index is 11.9. The van der Waals surface area contributed by atoms with Gasteiger partial charge >= 0.3 is 0 Å². The Kier molecular flexibility index (Phi) is 9.75. The molecule has 0 aromatic heterocycles. The third-order valence-corrected chi connectivity index (χ3v) is 4.46. The summed E-state index contributed by atoms with van der Waals surface area (Å²) in [5, 5.41) is 2.98. The van der Waals surface area contributed by atoms with Gasteiger partial charge in [0.1, 0.15) is 0 Å². The van der Waals surface area contributed by atoms with Crippen LogP contribution in [0.25, 0.3) is 0 Å². The van der Waals surface area contributed by atoms with E-state index < -0.39 is 0 Å². The Morgan fingerprint density at radius 1 is 1.08 bits per heavy atom. The van der Waals surface area contributed by atoms with Gasteiger partial charge < -0.3 is 14.8 Å². The average molecular weight is 369 g/mol. The molecule has 0 spiro atoms. The number of rotatable bonds is 11. The van der Waals surface area contributed by atoms with Crippen LogP contribution in [0.15, 0.2) is 18.2 Å². The molecule has 0 radical (unpaired) electrons. The largest absolute Gasteiger partial charge is 0.493 e. The third-order valence-electron chi connectivity index (χ3n) is 3.49. The number of carbonyl (C=O) groups excluding carboxylic acids is 1. The highest BCUT2D eigenvalue weighted by atomic mass is 32.2. The zero-order valence-corrected chi connectivity index (χ0v) is 16.9. The van der Waals surface area contributed by atoms with Crippen molar-refractivity contribution < 1.29 is 14.3 Å². The Bertz CT molecular complexity index is 530. The first-order chi connectivity index (χ1) is 11.9. The van der Waals surface area contributed by atoms with Gasteiger partial charge in [-0.3, -0.25) is 9.52 Å². The summed E-state index contributed by atoms with van der Waals surface area (Å²) in [5.74, 6) is 1.55. The van der Waals surface area contributed by atoms with Crippen molar-refractivity contribution in [2.24, 2.45) is 0 Å². The van der Waals surface area contributed by atoms with Crippen molar-refractivity contribution in [3.05, 3.63) is 23.8 Å². The van der Waals surface area contributed by atoms with E-state index in [0.29, 0.717) is 24.5 Å². The van der Waals surface area contributed by atoms with Gasteiger partial charge in [0.15, 0.2) is 11.5 Å². The maximum absolute atomic E-state index is 11.9. The number of carbonyl (C=O) groups is 1. The number of ether oxygens (including phenoxy) is 2. The highest BCUT2D eigenvalue weighted by molar-refractivity contribution is 7.98. The summed E-state index contributed by atoms with van der Waals surface area (Å²) in [6, 6.07) is 5.83. The molecular formula is C19H32N2O3S. The van der Waals surface area contributed by atoms with Crippen LogP contribution in [0, 0.1) is 0 Å². The van der Waals surface area contributed by atoms with Crippen molar-refractivity contribution in [2.45, 2.75) is 51.2 Å². The number of methoxy groups -OCH3 is 2. The van der Waals surface area contributed by atoms with Crippen molar-refractivity contribution in [3.63, 3.8) is 0 Å². The fourth-order valence-corrected chi connectivity index (χ4v) is 2.90. The van der Waals surface area contributed by atoms with E-state index in [2.05, 4.69) is 30.8 Å². The van der Waals surface area contributed by atoms with Gasteiger partial charge in [-0.2, -0.15) is 0 Å². The van der Waals surface area contributed by atoms with Gasteiger partial charge in [0.2, 0.25) is 5.91 Å². The fourth-order valence-electron chi connectivity index (χ4n) is 2.22. The summed E-state index contributed by atoms with van der Waals surface area (Å²) >= 11 is 1.74. The Hall–Kier alpha value is -1.40. The van der Waals surface area contributed by atoms with Crippen LogP contribution in [0.1, 0.15) is 45.6 Å². The molecule has 0 atom stereocenters. The first kappa shape index (κ1) is 21.6. The van der Waals surface area contributed by atoms with E-state index in [9.17, 15) is 4.79 Å². The van der Waals surface area contributed by atoms with Crippen LogP contribution >= 0.6 is 11.9 Å². The molecule has 0 saturated carbocycles. The molecule has 6 heteroatoms. The van der Waals surface area contributed by atoms with E-state index in [4.69, 9.17) is 9.47 Å². The van der Waals surface area contributed by atoms with E-state index in [1.54, 1.807) is 26.2 Å². The molecule has 25 heavy (non-hydrogen) atoms. The van der Waals surface area contributed by atoms with Gasteiger partial charge in [0, 0.05) is 24.3 Å². The summed E-state index contributed by atoms with van der Waals surface area (Å²) in [4.78, 5) is 11.9. The van der Waals surface area contributed by atoms with Crippen molar-refractivity contribution in [2.75, 3.05) is 27.3 Å². The highest BCUT2D eigenvalue weighted by Crippen LogP contribution is 2.27. The zero-order valence-electron chi connectivity index (χ0n) is 16.1. The second kappa shape index (κ2) is 11.3. The van der Waals surface area contributed by atoms with E-state index in [-0.39, 0.29) is 10.7 Å². The quantitative estimate of drug-likeness (QED) is 0.462. The van der Waals surface area contributed by atoms with E-state index in [0.717, 1.165) is 31.4 Å². The Morgan fingerprint density at radius 2 is 1.80 bits per heavy atom. The number of hydrogen-bond acceptors (Lipinski definition) is 5. The fraction of sp³-hybridized carbons (Fsp3) is 0.632. The minimum atomic E-state index is 0.115. The molecule has 0 aliphatic rings. The molecule has 0 fully saturated rings. The second-order valence-electron chi connectivity index (χ2n) is 6.86. The van der Waals surface area contributed by atoms with Gasteiger partial charge in [-0.15, -0.1) is 0 Å². The van der Waals surface area contributed by atoms with Crippen molar-refractivity contribution >= 4 is 17.9 Å². The lowest BCUT2D eigenvalue weighted by molar-refractivity contribution is -0.121. The van der Waals surface area contributed by atoms with Crippen LogP contribution in [-0.4, -0.2) is 38.0 Å². The normalized spacial score (nSPS) is 11.2.